The highest BCUT2D eigenvalue weighted by Gasteiger charge is 2.31. The average molecular weight is 415 g/mol. The Morgan fingerprint density at radius 3 is 2.90 bits per heavy atom. The molecule has 1 N–H and O–H groups in total. The van der Waals surface area contributed by atoms with Crippen LogP contribution < -0.4 is 10.9 Å². The van der Waals surface area contributed by atoms with Gasteiger partial charge in [-0.05, 0) is 43.1 Å². The molecule has 154 valence electrons. The Hall–Kier alpha value is -2.48. The molecule has 0 fully saturated rings. The van der Waals surface area contributed by atoms with Crippen LogP contribution in [-0.2, 0) is 24.2 Å². The number of nitrogens with zero attached hydrogens (tertiary/aromatic N) is 3. The van der Waals surface area contributed by atoms with E-state index in [4.69, 9.17) is 4.52 Å². The summed E-state index contributed by atoms with van der Waals surface area (Å²) in [4.78, 5) is 31.9. The van der Waals surface area contributed by atoms with E-state index in [2.05, 4.69) is 36.2 Å². The SMILES string of the molecule is Cc1cc(NC(=O)CCn2cnc3sc4c(c3c2=O)CCC(C(C)(C)C)C4)no1. The zero-order valence-electron chi connectivity index (χ0n) is 17.2. The molecule has 0 aromatic carbocycles. The minimum absolute atomic E-state index is 0.0493. The summed E-state index contributed by atoms with van der Waals surface area (Å²) in [6.45, 7) is 8.89. The molecule has 1 unspecified atom stereocenters. The number of nitrogens with one attached hydrogen (secondary N) is 1. The van der Waals surface area contributed by atoms with Gasteiger partial charge in [-0.1, -0.05) is 25.9 Å². The highest BCUT2D eigenvalue weighted by Crippen LogP contribution is 2.41. The molecule has 1 amide bonds. The van der Waals surface area contributed by atoms with Gasteiger partial charge in [0.15, 0.2) is 5.82 Å². The first-order valence-corrected chi connectivity index (χ1v) is 10.8. The van der Waals surface area contributed by atoms with Crippen molar-refractivity contribution in [2.75, 3.05) is 5.32 Å². The Kier molecular flexibility index (Phi) is 5.06. The molecule has 4 rings (SSSR count). The second-order valence-electron chi connectivity index (χ2n) is 8.85. The number of aromatic nitrogens is 3. The largest absolute Gasteiger partial charge is 0.360 e. The van der Waals surface area contributed by atoms with Crippen LogP contribution in [0.15, 0.2) is 21.7 Å². The van der Waals surface area contributed by atoms with Crippen LogP contribution in [0.5, 0.6) is 0 Å². The first kappa shape index (κ1) is 19.8. The van der Waals surface area contributed by atoms with Crippen molar-refractivity contribution in [3.63, 3.8) is 0 Å². The fourth-order valence-corrected chi connectivity index (χ4v) is 5.21. The zero-order chi connectivity index (χ0) is 20.8. The van der Waals surface area contributed by atoms with E-state index in [0.29, 0.717) is 17.5 Å². The van der Waals surface area contributed by atoms with Gasteiger partial charge in [-0.15, -0.1) is 11.3 Å². The van der Waals surface area contributed by atoms with Crippen molar-refractivity contribution >= 4 is 33.3 Å². The number of carbonyl (C=O) groups is 1. The summed E-state index contributed by atoms with van der Waals surface area (Å²) in [5, 5.41) is 7.17. The number of aryl methyl sites for hydroxylation is 3. The molecule has 1 atom stereocenters. The number of hydrogen-bond acceptors (Lipinski definition) is 6. The van der Waals surface area contributed by atoms with E-state index in [9.17, 15) is 9.59 Å². The predicted molar refractivity (Wildman–Crippen MR) is 113 cm³/mol. The summed E-state index contributed by atoms with van der Waals surface area (Å²) < 4.78 is 6.48. The summed E-state index contributed by atoms with van der Waals surface area (Å²) in [5.41, 5.74) is 1.38. The maximum absolute atomic E-state index is 13.1. The summed E-state index contributed by atoms with van der Waals surface area (Å²) in [6.07, 6.45) is 4.75. The fourth-order valence-electron chi connectivity index (χ4n) is 3.95. The van der Waals surface area contributed by atoms with Crippen LogP contribution in [-0.4, -0.2) is 20.6 Å². The lowest BCUT2D eigenvalue weighted by atomic mass is 9.72. The molecule has 7 nitrogen and oxygen atoms in total. The maximum Gasteiger partial charge on any atom is 0.262 e. The van der Waals surface area contributed by atoms with Crippen molar-refractivity contribution in [1.29, 1.82) is 0 Å². The van der Waals surface area contributed by atoms with Gasteiger partial charge in [0.1, 0.15) is 10.6 Å². The molecule has 29 heavy (non-hydrogen) atoms. The van der Waals surface area contributed by atoms with Crippen LogP contribution in [0, 0.1) is 18.3 Å². The number of amides is 1. The molecule has 0 bridgehead atoms. The molecule has 0 saturated carbocycles. The van der Waals surface area contributed by atoms with Crippen LogP contribution in [0.1, 0.15) is 49.8 Å². The highest BCUT2D eigenvalue weighted by atomic mass is 32.1. The number of rotatable bonds is 4. The molecule has 3 heterocycles. The monoisotopic (exact) mass is 414 g/mol. The zero-order valence-corrected chi connectivity index (χ0v) is 18.1. The van der Waals surface area contributed by atoms with E-state index in [1.165, 1.54) is 10.4 Å². The molecule has 1 aliphatic rings. The number of thiophene rings is 1. The normalized spacial score (nSPS) is 16.8. The second kappa shape index (κ2) is 7.40. The van der Waals surface area contributed by atoms with Crippen molar-refractivity contribution in [1.82, 2.24) is 14.7 Å². The van der Waals surface area contributed by atoms with Crippen molar-refractivity contribution in [3.05, 3.63) is 38.9 Å². The number of fused-ring (bicyclic) bond motifs is 3. The van der Waals surface area contributed by atoms with Gasteiger partial charge in [0, 0.05) is 23.9 Å². The first-order valence-electron chi connectivity index (χ1n) is 9.95. The number of carbonyl (C=O) groups excluding carboxylic acids is 1. The molecular formula is C21H26N4O3S. The van der Waals surface area contributed by atoms with Gasteiger partial charge in [-0.2, -0.15) is 0 Å². The Balaban J connectivity index is 1.52. The Labute approximate surface area is 173 Å². The van der Waals surface area contributed by atoms with E-state index in [1.54, 1.807) is 35.2 Å². The minimum atomic E-state index is -0.217. The number of anilines is 1. The first-order chi connectivity index (χ1) is 13.7. The van der Waals surface area contributed by atoms with E-state index in [0.717, 1.165) is 29.5 Å². The Bertz CT molecular complexity index is 1120. The van der Waals surface area contributed by atoms with Gasteiger partial charge in [-0.3, -0.25) is 14.2 Å². The lowest BCUT2D eigenvalue weighted by Gasteiger charge is -2.33. The van der Waals surface area contributed by atoms with E-state index in [-0.39, 0.29) is 29.8 Å². The van der Waals surface area contributed by atoms with E-state index >= 15 is 0 Å². The van der Waals surface area contributed by atoms with Gasteiger partial charge in [0.2, 0.25) is 5.91 Å². The number of hydrogen-bond donors (Lipinski definition) is 1. The molecule has 0 aliphatic heterocycles. The van der Waals surface area contributed by atoms with Crippen molar-refractivity contribution in [3.8, 4) is 0 Å². The Morgan fingerprint density at radius 1 is 1.41 bits per heavy atom. The summed E-state index contributed by atoms with van der Waals surface area (Å²) in [6, 6.07) is 1.65. The molecule has 3 aromatic heterocycles. The molecule has 8 heteroatoms. The van der Waals surface area contributed by atoms with Gasteiger partial charge in [0.25, 0.3) is 5.56 Å². The lowest BCUT2D eigenvalue weighted by molar-refractivity contribution is -0.116. The van der Waals surface area contributed by atoms with E-state index in [1.807, 2.05) is 0 Å². The molecule has 0 spiro atoms. The molecule has 3 aromatic rings. The summed E-state index contributed by atoms with van der Waals surface area (Å²) in [5.74, 6) is 1.41. The molecular weight excluding hydrogens is 388 g/mol. The maximum atomic E-state index is 13.1. The van der Waals surface area contributed by atoms with Crippen molar-refractivity contribution in [2.24, 2.45) is 11.3 Å². The fraction of sp³-hybridized carbons (Fsp3) is 0.524. The average Bonchev–Trinajstić information content (AvgIpc) is 3.23. The standard InChI is InChI=1S/C21H26N4O3S/c1-12-9-16(24-28-12)23-17(26)7-8-25-11-22-19-18(20(25)27)14-6-5-13(21(2,3)4)10-15(14)29-19/h9,11,13H,5-8,10H2,1-4H3,(H,23,24,26). The summed E-state index contributed by atoms with van der Waals surface area (Å²) >= 11 is 1.65. The van der Waals surface area contributed by atoms with Gasteiger partial charge in [0.05, 0.1) is 11.7 Å². The van der Waals surface area contributed by atoms with Crippen LogP contribution >= 0.6 is 11.3 Å². The minimum Gasteiger partial charge on any atom is -0.360 e. The Morgan fingerprint density at radius 2 is 2.21 bits per heavy atom. The third-order valence-electron chi connectivity index (χ3n) is 5.74. The van der Waals surface area contributed by atoms with Gasteiger partial charge in [-0.25, -0.2) is 4.98 Å². The third kappa shape index (κ3) is 3.99. The van der Waals surface area contributed by atoms with Crippen molar-refractivity contribution < 1.29 is 9.32 Å². The van der Waals surface area contributed by atoms with Crippen LogP contribution in [0.3, 0.4) is 0 Å². The molecule has 1 aliphatic carbocycles. The quantitative estimate of drug-likeness (QED) is 0.698. The molecule has 0 radical (unpaired) electrons. The van der Waals surface area contributed by atoms with Crippen molar-refractivity contribution in [2.45, 2.75) is 59.9 Å². The third-order valence-corrected chi connectivity index (χ3v) is 6.90. The lowest BCUT2D eigenvalue weighted by Crippen LogP contribution is -2.27. The van der Waals surface area contributed by atoms with E-state index < -0.39 is 0 Å². The molecule has 0 saturated heterocycles. The van der Waals surface area contributed by atoms with Gasteiger partial charge < -0.3 is 9.84 Å². The summed E-state index contributed by atoms with van der Waals surface area (Å²) in [7, 11) is 0. The van der Waals surface area contributed by atoms with Crippen LogP contribution in [0.2, 0.25) is 0 Å². The second-order valence-corrected chi connectivity index (χ2v) is 9.94. The van der Waals surface area contributed by atoms with Gasteiger partial charge >= 0.3 is 0 Å². The predicted octanol–water partition coefficient (Wildman–Crippen LogP) is 3.93. The topological polar surface area (TPSA) is 90.0 Å². The highest BCUT2D eigenvalue weighted by molar-refractivity contribution is 7.18. The van der Waals surface area contributed by atoms with Crippen LogP contribution in [0.25, 0.3) is 10.2 Å². The smallest absolute Gasteiger partial charge is 0.262 e. The van der Waals surface area contributed by atoms with Crippen LogP contribution in [0.4, 0.5) is 5.82 Å².